The molecule has 1 heterocycles. The fourth-order valence-corrected chi connectivity index (χ4v) is 2.44. The van der Waals surface area contributed by atoms with Crippen LogP contribution in [0.15, 0.2) is 60.9 Å². The third kappa shape index (κ3) is 4.23. The topological polar surface area (TPSA) is 56.1 Å². The van der Waals surface area contributed by atoms with E-state index >= 15 is 0 Å². The SMILES string of the molecule is COc1ccc(C(=O)NCc2cnn(Cc3ccccc3)c2)c(F)c1. The number of nitrogens with one attached hydrogen (secondary N) is 1. The van der Waals surface area contributed by atoms with Gasteiger partial charge in [-0.25, -0.2) is 4.39 Å². The molecule has 1 N–H and O–H groups in total. The predicted octanol–water partition coefficient (Wildman–Crippen LogP) is 3.01. The Morgan fingerprint density at radius 2 is 2.00 bits per heavy atom. The van der Waals surface area contributed by atoms with Gasteiger partial charge < -0.3 is 10.1 Å². The first-order valence-electron chi connectivity index (χ1n) is 7.82. The van der Waals surface area contributed by atoms with Crippen molar-refractivity contribution < 1.29 is 13.9 Å². The second-order valence-corrected chi connectivity index (χ2v) is 5.56. The molecule has 0 saturated heterocycles. The molecule has 25 heavy (non-hydrogen) atoms. The highest BCUT2D eigenvalue weighted by Crippen LogP contribution is 2.16. The number of aromatic nitrogens is 2. The molecule has 0 aliphatic carbocycles. The van der Waals surface area contributed by atoms with E-state index in [0.29, 0.717) is 12.3 Å². The molecular formula is C19H18FN3O2. The molecule has 0 atom stereocenters. The summed E-state index contributed by atoms with van der Waals surface area (Å²) in [7, 11) is 1.45. The minimum absolute atomic E-state index is 0.0162. The Labute approximate surface area is 145 Å². The molecule has 0 spiro atoms. The van der Waals surface area contributed by atoms with Crippen LogP contribution in [0.2, 0.25) is 0 Å². The van der Waals surface area contributed by atoms with Crippen molar-refractivity contribution in [3.8, 4) is 5.75 Å². The number of carbonyl (C=O) groups excluding carboxylic acids is 1. The number of ether oxygens (including phenoxy) is 1. The Morgan fingerprint density at radius 3 is 2.72 bits per heavy atom. The number of benzene rings is 2. The minimum atomic E-state index is -0.614. The Balaban J connectivity index is 1.59. The molecule has 1 amide bonds. The lowest BCUT2D eigenvalue weighted by atomic mass is 10.2. The van der Waals surface area contributed by atoms with Crippen LogP contribution in [0, 0.1) is 5.82 Å². The van der Waals surface area contributed by atoms with E-state index < -0.39 is 11.7 Å². The van der Waals surface area contributed by atoms with Crippen LogP contribution in [0.4, 0.5) is 4.39 Å². The van der Waals surface area contributed by atoms with E-state index in [-0.39, 0.29) is 12.1 Å². The predicted molar refractivity (Wildman–Crippen MR) is 91.9 cm³/mol. The van der Waals surface area contributed by atoms with Gasteiger partial charge in [-0.2, -0.15) is 5.10 Å². The van der Waals surface area contributed by atoms with Crippen molar-refractivity contribution in [1.82, 2.24) is 15.1 Å². The Bertz CT molecular complexity index is 862. The zero-order chi connectivity index (χ0) is 17.6. The quantitative estimate of drug-likeness (QED) is 0.751. The Kier molecular flexibility index (Phi) is 5.09. The number of amides is 1. The molecule has 1 aromatic heterocycles. The summed E-state index contributed by atoms with van der Waals surface area (Å²) in [6.45, 7) is 0.932. The molecule has 5 nitrogen and oxygen atoms in total. The van der Waals surface area contributed by atoms with Crippen LogP contribution in [0.5, 0.6) is 5.75 Å². The average molecular weight is 339 g/mol. The van der Waals surface area contributed by atoms with Crippen LogP contribution < -0.4 is 10.1 Å². The molecule has 0 unspecified atom stereocenters. The fourth-order valence-electron chi connectivity index (χ4n) is 2.44. The van der Waals surface area contributed by atoms with Gasteiger partial charge in [-0.3, -0.25) is 9.48 Å². The van der Waals surface area contributed by atoms with Crippen molar-refractivity contribution in [3.05, 3.63) is 83.4 Å². The zero-order valence-electron chi connectivity index (χ0n) is 13.8. The van der Waals surface area contributed by atoms with Crippen LogP contribution >= 0.6 is 0 Å². The van der Waals surface area contributed by atoms with Gasteiger partial charge in [0.2, 0.25) is 0 Å². The molecule has 3 rings (SSSR count). The molecule has 6 heteroatoms. The highest BCUT2D eigenvalue weighted by Gasteiger charge is 2.12. The van der Waals surface area contributed by atoms with Crippen molar-refractivity contribution >= 4 is 5.91 Å². The van der Waals surface area contributed by atoms with Gasteiger partial charge in [-0.05, 0) is 17.7 Å². The van der Waals surface area contributed by atoms with Crippen molar-refractivity contribution in [3.63, 3.8) is 0 Å². The maximum atomic E-state index is 13.9. The summed E-state index contributed by atoms with van der Waals surface area (Å²) >= 11 is 0. The number of hydrogen-bond donors (Lipinski definition) is 1. The third-order valence-corrected chi connectivity index (χ3v) is 3.75. The lowest BCUT2D eigenvalue weighted by molar-refractivity contribution is 0.0947. The van der Waals surface area contributed by atoms with E-state index in [0.717, 1.165) is 11.1 Å². The van der Waals surface area contributed by atoms with Gasteiger partial charge in [-0.1, -0.05) is 30.3 Å². The highest BCUT2D eigenvalue weighted by molar-refractivity contribution is 5.94. The molecule has 0 aliphatic heterocycles. The van der Waals surface area contributed by atoms with Gasteiger partial charge in [-0.15, -0.1) is 0 Å². The molecule has 0 bridgehead atoms. The summed E-state index contributed by atoms with van der Waals surface area (Å²) < 4.78 is 20.6. The van der Waals surface area contributed by atoms with Gasteiger partial charge in [0, 0.05) is 24.4 Å². The second kappa shape index (κ2) is 7.61. The maximum absolute atomic E-state index is 13.9. The van der Waals surface area contributed by atoms with E-state index in [1.807, 2.05) is 36.5 Å². The number of methoxy groups -OCH3 is 1. The highest BCUT2D eigenvalue weighted by atomic mass is 19.1. The number of carbonyl (C=O) groups is 1. The van der Waals surface area contributed by atoms with Crippen LogP contribution in [0.25, 0.3) is 0 Å². The number of hydrogen-bond acceptors (Lipinski definition) is 3. The Hall–Kier alpha value is -3.15. The minimum Gasteiger partial charge on any atom is -0.497 e. The van der Waals surface area contributed by atoms with E-state index in [9.17, 15) is 9.18 Å². The average Bonchev–Trinajstić information content (AvgIpc) is 3.07. The first kappa shape index (κ1) is 16.7. The number of rotatable bonds is 6. The van der Waals surface area contributed by atoms with Crippen molar-refractivity contribution in [2.45, 2.75) is 13.1 Å². The lowest BCUT2D eigenvalue weighted by Crippen LogP contribution is -2.23. The summed E-state index contributed by atoms with van der Waals surface area (Å²) in [6.07, 6.45) is 3.55. The lowest BCUT2D eigenvalue weighted by Gasteiger charge is -2.06. The molecule has 0 saturated carbocycles. The normalized spacial score (nSPS) is 10.5. The van der Waals surface area contributed by atoms with Gasteiger partial charge in [0.05, 0.1) is 25.4 Å². The first-order valence-corrected chi connectivity index (χ1v) is 7.82. The molecule has 3 aromatic rings. The monoisotopic (exact) mass is 339 g/mol. The van der Waals surface area contributed by atoms with E-state index in [2.05, 4.69) is 10.4 Å². The van der Waals surface area contributed by atoms with Crippen LogP contribution in [-0.4, -0.2) is 22.8 Å². The van der Waals surface area contributed by atoms with Gasteiger partial charge in [0.15, 0.2) is 0 Å². The smallest absolute Gasteiger partial charge is 0.254 e. The summed E-state index contributed by atoms with van der Waals surface area (Å²) in [5, 5.41) is 6.97. The molecule has 0 radical (unpaired) electrons. The van der Waals surface area contributed by atoms with Gasteiger partial charge in [0.1, 0.15) is 11.6 Å². The van der Waals surface area contributed by atoms with E-state index in [1.54, 1.807) is 16.9 Å². The Morgan fingerprint density at radius 1 is 1.20 bits per heavy atom. The van der Waals surface area contributed by atoms with Crippen LogP contribution in [0.1, 0.15) is 21.5 Å². The summed E-state index contributed by atoms with van der Waals surface area (Å²) in [4.78, 5) is 12.1. The summed E-state index contributed by atoms with van der Waals surface area (Å²) in [5.41, 5.74) is 1.97. The maximum Gasteiger partial charge on any atom is 0.254 e. The molecule has 2 aromatic carbocycles. The molecular weight excluding hydrogens is 321 g/mol. The van der Waals surface area contributed by atoms with Gasteiger partial charge >= 0.3 is 0 Å². The van der Waals surface area contributed by atoms with Crippen molar-refractivity contribution in [1.29, 1.82) is 0 Å². The second-order valence-electron chi connectivity index (χ2n) is 5.56. The largest absolute Gasteiger partial charge is 0.497 e. The number of nitrogens with zero attached hydrogens (tertiary/aromatic N) is 2. The van der Waals surface area contributed by atoms with Gasteiger partial charge in [0.25, 0.3) is 5.91 Å². The fraction of sp³-hybridized carbons (Fsp3) is 0.158. The summed E-state index contributed by atoms with van der Waals surface area (Å²) in [6, 6.07) is 14.1. The molecule has 128 valence electrons. The number of halogens is 1. The van der Waals surface area contributed by atoms with Crippen molar-refractivity contribution in [2.75, 3.05) is 7.11 Å². The van der Waals surface area contributed by atoms with Crippen molar-refractivity contribution in [2.24, 2.45) is 0 Å². The van der Waals surface area contributed by atoms with E-state index in [4.69, 9.17) is 4.74 Å². The van der Waals surface area contributed by atoms with Crippen LogP contribution in [-0.2, 0) is 13.1 Å². The van der Waals surface area contributed by atoms with E-state index in [1.165, 1.54) is 19.2 Å². The first-order chi connectivity index (χ1) is 12.2. The summed E-state index contributed by atoms with van der Waals surface area (Å²) in [5.74, 6) is -0.719. The third-order valence-electron chi connectivity index (χ3n) is 3.75. The standard InChI is InChI=1S/C19H18FN3O2/c1-25-16-7-8-17(18(20)9-16)19(24)21-10-15-11-22-23(13-15)12-14-5-3-2-4-6-14/h2-9,11,13H,10,12H2,1H3,(H,21,24). The molecule has 0 fully saturated rings. The van der Waals surface area contributed by atoms with Crippen LogP contribution in [0.3, 0.4) is 0 Å². The molecule has 0 aliphatic rings. The zero-order valence-corrected chi connectivity index (χ0v) is 13.8.